The predicted molar refractivity (Wildman–Crippen MR) is 82.5 cm³/mol. The molecule has 6 heteroatoms. The van der Waals surface area contributed by atoms with Crippen molar-refractivity contribution in [1.82, 2.24) is 14.9 Å². The average molecular weight is 302 g/mol. The first kappa shape index (κ1) is 13.2. The Bertz CT molecular complexity index is 577. The molecule has 2 fully saturated rings. The number of morpholine rings is 1. The van der Waals surface area contributed by atoms with Gasteiger partial charge in [0.25, 0.3) is 0 Å². The number of nitrogens with zero attached hydrogens (tertiary/aromatic N) is 4. The van der Waals surface area contributed by atoms with Gasteiger partial charge in [0.15, 0.2) is 0 Å². The molecule has 5 nitrogen and oxygen atoms in total. The summed E-state index contributed by atoms with van der Waals surface area (Å²) in [5, 5.41) is 2.14. The summed E-state index contributed by atoms with van der Waals surface area (Å²) in [6, 6.07) is 6.54. The van der Waals surface area contributed by atoms with Crippen molar-refractivity contribution in [3.8, 4) is 0 Å². The van der Waals surface area contributed by atoms with Crippen LogP contribution in [0.2, 0.25) is 0 Å². The Morgan fingerprint density at radius 2 is 2.14 bits per heavy atom. The van der Waals surface area contributed by atoms with Gasteiger partial charge in [-0.1, -0.05) is 6.07 Å². The second-order valence-electron chi connectivity index (χ2n) is 5.49. The first-order chi connectivity index (χ1) is 10.4. The maximum Gasteiger partial charge on any atom is 0.225 e. The van der Waals surface area contributed by atoms with Gasteiger partial charge in [-0.3, -0.25) is 4.90 Å². The fraction of sp³-hybridized carbons (Fsp3) is 0.467. The Balaban J connectivity index is 1.50. The molecule has 0 aromatic carbocycles. The molecule has 0 bridgehead atoms. The van der Waals surface area contributed by atoms with Crippen molar-refractivity contribution in [1.29, 1.82) is 0 Å². The highest BCUT2D eigenvalue weighted by atomic mass is 32.1. The number of thiophene rings is 1. The van der Waals surface area contributed by atoms with Gasteiger partial charge in [-0.25, -0.2) is 9.97 Å². The minimum atomic E-state index is 0.266. The van der Waals surface area contributed by atoms with Crippen molar-refractivity contribution in [2.45, 2.75) is 18.7 Å². The molecule has 2 aromatic heterocycles. The maximum absolute atomic E-state index is 5.97. The van der Waals surface area contributed by atoms with Crippen LogP contribution in [0.1, 0.15) is 4.88 Å². The minimum absolute atomic E-state index is 0.266. The minimum Gasteiger partial charge on any atom is -0.373 e. The summed E-state index contributed by atoms with van der Waals surface area (Å²) in [5.74, 6) is 0.828. The van der Waals surface area contributed by atoms with Crippen molar-refractivity contribution in [3.05, 3.63) is 40.8 Å². The summed E-state index contributed by atoms with van der Waals surface area (Å²) in [4.78, 5) is 15.0. The molecule has 2 aliphatic rings. The van der Waals surface area contributed by atoms with Gasteiger partial charge in [-0.05, 0) is 17.5 Å². The second kappa shape index (κ2) is 5.71. The van der Waals surface area contributed by atoms with Crippen LogP contribution in [-0.2, 0) is 11.3 Å². The van der Waals surface area contributed by atoms with Gasteiger partial charge in [-0.2, -0.15) is 0 Å². The second-order valence-corrected chi connectivity index (χ2v) is 6.52. The summed E-state index contributed by atoms with van der Waals surface area (Å²) < 4.78 is 5.97. The topological polar surface area (TPSA) is 41.5 Å². The molecule has 2 aromatic rings. The van der Waals surface area contributed by atoms with Crippen LogP contribution in [0, 0.1) is 0 Å². The van der Waals surface area contributed by atoms with E-state index in [0.717, 1.165) is 38.7 Å². The Kier molecular flexibility index (Phi) is 3.58. The Hall–Kier alpha value is -1.50. The third-order valence-electron chi connectivity index (χ3n) is 4.15. The lowest BCUT2D eigenvalue weighted by atomic mass is 10.1. The molecular formula is C15H18N4OS. The van der Waals surface area contributed by atoms with Gasteiger partial charge in [0.1, 0.15) is 0 Å². The lowest BCUT2D eigenvalue weighted by molar-refractivity contribution is 0.0301. The fourth-order valence-electron chi connectivity index (χ4n) is 3.20. The number of aromatic nitrogens is 2. The van der Waals surface area contributed by atoms with Gasteiger partial charge in [0, 0.05) is 43.4 Å². The zero-order valence-corrected chi connectivity index (χ0v) is 12.6. The third kappa shape index (κ3) is 2.66. The Labute approximate surface area is 128 Å². The number of fused-ring (bicyclic) bond motifs is 1. The zero-order valence-electron chi connectivity index (χ0n) is 11.8. The molecule has 4 heterocycles. The number of hydrogen-bond acceptors (Lipinski definition) is 6. The molecule has 0 spiro atoms. The number of rotatable bonds is 3. The van der Waals surface area contributed by atoms with Crippen LogP contribution in [0.3, 0.4) is 0 Å². The first-order valence-electron chi connectivity index (χ1n) is 7.30. The van der Waals surface area contributed by atoms with E-state index >= 15 is 0 Å². The van der Waals surface area contributed by atoms with Crippen molar-refractivity contribution >= 4 is 17.3 Å². The lowest BCUT2D eigenvalue weighted by Crippen LogP contribution is -2.51. The number of likely N-dealkylation sites (tertiary alicyclic amines) is 1. The SMILES string of the molecule is c1cnc(N2CCO[C@H]3CN(Cc4cccs4)C[C@H]32)nc1. The average Bonchev–Trinajstić information content (AvgIpc) is 3.17. The van der Waals surface area contributed by atoms with Crippen molar-refractivity contribution in [3.63, 3.8) is 0 Å². The van der Waals surface area contributed by atoms with E-state index in [4.69, 9.17) is 4.74 Å². The van der Waals surface area contributed by atoms with E-state index in [1.54, 1.807) is 0 Å². The lowest BCUT2D eigenvalue weighted by Gasteiger charge is -2.36. The van der Waals surface area contributed by atoms with Crippen LogP contribution in [0.5, 0.6) is 0 Å². The van der Waals surface area contributed by atoms with Crippen LogP contribution in [0.15, 0.2) is 36.0 Å². The largest absolute Gasteiger partial charge is 0.373 e. The maximum atomic E-state index is 5.97. The molecule has 2 saturated heterocycles. The van der Waals surface area contributed by atoms with Gasteiger partial charge < -0.3 is 9.64 Å². The zero-order chi connectivity index (χ0) is 14.1. The molecule has 110 valence electrons. The predicted octanol–water partition coefficient (Wildman–Crippen LogP) is 1.63. The van der Waals surface area contributed by atoms with Gasteiger partial charge in [0.05, 0.1) is 18.8 Å². The molecule has 0 saturated carbocycles. The first-order valence-corrected chi connectivity index (χ1v) is 8.18. The van der Waals surface area contributed by atoms with E-state index in [2.05, 4.69) is 37.3 Å². The Morgan fingerprint density at radius 1 is 1.24 bits per heavy atom. The molecule has 2 atom stereocenters. The van der Waals surface area contributed by atoms with Crippen molar-refractivity contribution < 1.29 is 4.74 Å². The molecule has 2 aliphatic heterocycles. The molecule has 0 aliphatic carbocycles. The van der Waals surface area contributed by atoms with E-state index in [1.165, 1.54) is 4.88 Å². The Morgan fingerprint density at radius 3 is 2.95 bits per heavy atom. The van der Waals surface area contributed by atoms with Gasteiger partial charge in [0.2, 0.25) is 5.95 Å². The molecule has 4 rings (SSSR count). The molecule has 0 unspecified atom stereocenters. The van der Waals surface area contributed by atoms with Gasteiger partial charge in [-0.15, -0.1) is 11.3 Å². The van der Waals surface area contributed by atoms with E-state index in [1.807, 2.05) is 29.8 Å². The fourth-order valence-corrected chi connectivity index (χ4v) is 3.95. The summed E-state index contributed by atoms with van der Waals surface area (Å²) in [7, 11) is 0. The quantitative estimate of drug-likeness (QED) is 0.862. The number of hydrogen-bond donors (Lipinski definition) is 0. The number of anilines is 1. The van der Waals surface area contributed by atoms with Crippen LogP contribution in [0.4, 0.5) is 5.95 Å². The van der Waals surface area contributed by atoms with E-state index < -0.39 is 0 Å². The van der Waals surface area contributed by atoms with Crippen LogP contribution in [0.25, 0.3) is 0 Å². The van der Waals surface area contributed by atoms with E-state index in [0.29, 0.717) is 6.04 Å². The monoisotopic (exact) mass is 302 g/mol. The summed E-state index contributed by atoms with van der Waals surface area (Å²) >= 11 is 1.82. The highest BCUT2D eigenvalue weighted by molar-refractivity contribution is 7.09. The van der Waals surface area contributed by atoms with E-state index in [-0.39, 0.29) is 6.10 Å². The van der Waals surface area contributed by atoms with Crippen LogP contribution < -0.4 is 4.90 Å². The highest BCUT2D eigenvalue weighted by Gasteiger charge is 2.41. The number of ether oxygens (including phenoxy) is 1. The molecule has 0 N–H and O–H groups in total. The molecule has 0 radical (unpaired) electrons. The molecule has 21 heavy (non-hydrogen) atoms. The van der Waals surface area contributed by atoms with Crippen LogP contribution >= 0.6 is 11.3 Å². The summed E-state index contributed by atoms with van der Waals surface area (Å²) in [6.45, 7) is 4.65. The molecular weight excluding hydrogens is 284 g/mol. The van der Waals surface area contributed by atoms with Crippen LogP contribution in [-0.4, -0.2) is 53.3 Å². The van der Waals surface area contributed by atoms with E-state index in [9.17, 15) is 0 Å². The normalized spacial score (nSPS) is 26.0. The summed E-state index contributed by atoms with van der Waals surface area (Å²) in [6.07, 6.45) is 3.89. The summed E-state index contributed by atoms with van der Waals surface area (Å²) in [5.41, 5.74) is 0. The van der Waals surface area contributed by atoms with Crippen molar-refractivity contribution in [2.24, 2.45) is 0 Å². The third-order valence-corrected chi connectivity index (χ3v) is 5.01. The van der Waals surface area contributed by atoms with Crippen molar-refractivity contribution in [2.75, 3.05) is 31.1 Å². The van der Waals surface area contributed by atoms with Gasteiger partial charge >= 0.3 is 0 Å². The smallest absolute Gasteiger partial charge is 0.225 e. The molecule has 0 amide bonds. The highest BCUT2D eigenvalue weighted by Crippen LogP contribution is 2.27. The standard InChI is InChI=1S/C15H18N4OS/c1-3-12(21-8-1)9-18-10-13-14(11-18)20-7-6-19(13)15-16-4-2-5-17-15/h1-5,8,13-14H,6-7,9-11H2/t13-,14+/m1/s1.